The molecule has 1 amide bonds. The van der Waals surface area contributed by atoms with Crippen molar-refractivity contribution in [3.63, 3.8) is 0 Å². The van der Waals surface area contributed by atoms with E-state index in [0.29, 0.717) is 17.0 Å². The molecule has 3 N–H and O–H groups in total. The van der Waals surface area contributed by atoms with E-state index in [4.69, 9.17) is 5.73 Å². The normalized spacial score (nSPS) is 10.4. The molecule has 0 aromatic carbocycles. The molecule has 2 aromatic rings. The number of rotatable bonds is 2. The van der Waals surface area contributed by atoms with E-state index in [0.717, 1.165) is 0 Å². The molecule has 14 heavy (non-hydrogen) atoms. The first kappa shape index (κ1) is 8.49. The third-order valence-electron chi connectivity index (χ3n) is 1.88. The first-order valence-corrected chi connectivity index (χ1v) is 4.05. The lowest BCUT2D eigenvalue weighted by Crippen LogP contribution is -2.12. The summed E-state index contributed by atoms with van der Waals surface area (Å²) in [5.74, 6) is -0.0979. The molecule has 0 radical (unpaired) electrons. The third-order valence-corrected chi connectivity index (χ3v) is 1.88. The fourth-order valence-electron chi connectivity index (χ4n) is 1.29. The van der Waals surface area contributed by atoms with Gasteiger partial charge in [0.15, 0.2) is 11.5 Å². The fraction of sp³-hybridized carbons (Fsp3) is 0.125. The summed E-state index contributed by atoms with van der Waals surface area (Å²) in [5.41, 5.74) is 6.00. The summed E-state index contributed by atoms with van der Waals surface area (Å²) in [4.78, 5) is 15.2. The van der Waals surface area contributed by atoms with E-state index in [1.165, 1.54) is 4.52 Å². The van der Waals surface area contributed by atoms with Crippen molar-refractivity contribution in [2.24, 2.45) is 5.73 Å². The van der Waals surface area contributed by atoms with Gasteiger partial charge in [0.1, 0.15) is 5.56 Å². The molecule has 0 aliphatic heterocycles. The zero-order valence-corrected chi connectivity index (χ0v) is 7.56. The van der Waals surface area contributed by atoms with E-state index in [2.05, 4.69) is 15.4 Å². The Balaban J connectivity index is 2.81. The molecule has 0 aliphatic carbocycles. The van der Waals surface area contributed by atoms with Gasteiger partial charge >= 0.3 is 0 Å². The number of primary amides is 1. The van der Waals surface area contributed by atoms with Crippen LogP contribution in [0.3, 0.4) is 0 Å². The van der Waals surface area contributed by atoms with Crippen LogP contribution < -0.4 is 11.1 Å². The minimum absolute atomic E-state index is 0.313. The van der Waals surface area contributed by atoms with Crippen LogP contribution in [0.5, 0.6) is 0 Å². The van der Waals surface area contributed by atoms with Crippen molar-refractivity contribution in [3.8, 4) is 0 Å². The van der Waals surface area contributed by atoms with E-state index in [1.807, 2.05) is 0 Å². The molecule has 0 spiro atoms. The molecule has 6 heteroatoms. The van der Waals surface area contributed by atoms with Crippen LogP contribution in [0.4, 0.5) is 5.82 Å². The van der Waals surface area contributed by atoms with Crippen LogP contribution in [0.2, 0.25) is 0 Å². The lowest BCUT2D eigenvalue weighted by Gasteiger charge is -1.94. The molecular formula is C8H9N5O. The van der Waals surface area contributed by atoms with Crippen LogP contribution in [0.15, 0.2) is 18.5 Å². The Morgan fingerprint density at radius 3 is 3.07 bits per heavy atom. The number of hydrogen-bond acceptors (Lipinski definition) is 4. The van der Waals surface area contributed by atoms with Crippen LogP contribution in [-0.4, -0.2) is 27.6 Å². The summed E-state index contributed by atoms with van der Waals surface area (Å²) in [6.07, 6.45) is 3.29. The van der Waals surface area contributed by atoms with Gasteiger partial charge in [-0.2, -0.15) is 0 Å². The Kier molecular flexibility index (Phi) is 1.81. The number of hydrogen-bond donors (Lipinski definition) is 2. The molecule has 2 aromatic heterocycles. The minimum Gasteiger partial charge on any atom is -0.371 e. The van der Waals surface area contributed by atoms with Gasteiger partial charge in [-0.3, -0.25) is 4.79 Å². The van der Waals surface area contributed by atoms with Crippen LogP contribution in [0, 0.1) is 0 Å². The average Bonchev–Trinajstić information content (AvgIpc) is 2.55. The van der Waals surface area contributed by atoms with E-state index in [1.54, 1.807) is 25.5 Å². The highest BCUT2D eigenvalue weighted by Crippen LogP contribution is 2.16. The predicted octanol–water partition coefficient (Wildman–Crippen LogP) is -0.130. The minimum atomic E-state index is -0.539. The Hall–Kier alpha value is -2.11. The number of amides is 1. The molecule has 0 bridgehead atoms. The fourth-order valence-corrected chi connectivity index (χ4v) is 1.29. The molecule has 2 heterocycles. The van der Waals surface area contributed by atoms with Crippen molar-refractivity contribution in [3.05, 3.63) is 24.0 Å². The molecule has 72 valence electrons. The van der Waals surface area contributed by atoms with Crippen LogP contribution >= 0.6 is 0 Å². The van der Waals surface area contributed by atoms with Crippen LogP contribution in [0.25, 0.3) is 5.65 Å². The maximum absolute atomic E-state index is 11.1. The number of anilines is 1. The number of fused-ring (bicyclic) bond motifs is 1. The van der Waals surface area contributed by atoms with Crippen molar-refractivity contribution < 1.29 is 4.79 Å². The van der Waals surface area contributed by atoms with E-state index in [-0.39, 0.29) is 0 Å². The molecule has 0 unspecified atom stereocenters. The molecule has 0 fully saturated rings. The van der Waals surface area contributed by atoms with Crippen LogP contribution in [-0.2, 0) is 0 Å². The summed E-state index contributed by atoms with van der Waals surface area (Å²) in [6.45, 7) is 0. The van der Waals surface area contributed by atoms with Gasteiger partial charge < -0.3 is 11.1 Å². The molecule has 2 rings (SSSR count). The topological polar surface area (TPSA) is 85.3 Å². The van der Waals surface area contributed by atoms with Crippen molar-refractivity contribution in [1.29, 1.82) is 0 Å². The largest absolute Gasteiger partial charge is 0.371 e. The van der Waals surface area contributed by atoms with Gasteiger partial charge in [-0.05, 0) is 6.07 Å². The number of nitrogens with two attached hydrogens (primary N) is 1. The lowest BCUT2D eigenvalue weighted by atomic mass is 10.3. The molecule has 0 atom stereocenters. The van der Waals surface area contributed by atoms with E-state index < -0.39 is 5.91 Å². The number of nitrogens with zero attached hydrogens (tertiary/aromatic N) is 3. The Labute approximate surface area is 79.7 Å². The zero-order chi connectivity index (χ0) is 10.1. The van der Waals surface area contributed by atoms with Gasteiger partial charge in [0, 0.05) is 19.4 Å². The van der Waals surface area contributed by atoms with Gasteiger partial charge in [0.05, 0.1) is 0 Å². The second-order valence-corrected chi connectivity index (χ2v) is 2.73. The van der Waals surface area contributed by atoms with Gasteiger partial charge in [0.2, 0.25) is 0 Å². The van der Waals surface area contributed by atoms with Crippen molar-refractivity contribution in [2.75, 3.05) is 12.4 Å². The zero-order valence-electron chi connectivity index (χ0n) is 7.56. The number of aromatic nitrogens is 3. The van der Waals surface area contributed by atoms with E-state index in [9.17, 15) is 4.79 Å². The van der Waals surface area contributed by atoms with Crippen LogP contribution in [0.1, 0.15) is 10.4 Å². The molecular weight excluding hydrogens is 182 g/mol. The van der Waals surface area contributed by atoms with Gasteiger partial charge in [-0.1, -0.05) is 0 Å². The highest BCUT2D eigenvalue weighted by atomic mass is 16.1. The highest BCUT2D eigenvalue weighted by molar-refractivity contribution is 6.03. The number of carbonyl (C=O) groups excluding carboxylic acids is 1. The van der Waals surface area contributed by atoms with Gasteiger partial charge in [-0.15, -0.1) is 5.10 Å². The van der Waals surface area contributed by atoms with Crippen molar-refractivity contribution >= 4 is 17.4 Å². The maximum atomic E-state index is 11.1. The first-order chi connectivity index (χ1) is 6.74. The summed E-state index contributed by atoms with van der Waals surface area (Å²) >= 11 is 0. The maximum Gasteiger partial charge on any atom is 0.256 e. The Morgan fingerprint density at radius 2 is 2.43 bits per heavy atom. The third kappa shape index (κ3) is 1.08. The second kappa shape index (κ2) is 2.99. The number of nitrogens with one attached hydrogen (secondary N) is 1. The lowest BCUT2D eigenvalue weighted by molar-refractivity contribution is 0.100. The molecule has 0 saturated heterocycles. The molecule has 0 aliphatic rings. The highest BCUT2D eigenvalue weighted by Gasteiger charge is 2.16. The molecule has 6 nitrogen and oxygen atoms in total. The predicted molar refractivity (Wildman–Crippen MR) is 51.1 cm³/mol. The average molecular weight is 191 g/mol. The van der Waals surface area contributed by atoms with Gasteiger partial charge in [0.25, 0.3) is 5.91 Å². The summed E-state index contributed by atoms with van der Waals surface area (Å²) in [6, 6.07) is 1.73. The summed E-state index contributed by atoms with van der Waals surface area (Å²) in [5, 5.41) is 6.89. The Bertz CT molecular complexity index is 489. The first-order valence-electron chi connectivity index (χ1n) is 4.05. The quantitative estimate of drug-likeness (QED) is 0.692. The standard InChI is InChI=1S/C8H9N5O/c1-10-7-5(6(9)14)8-11-3-2-4-13(8)12-7/h2-4H,1H3,(H2,9,14)(H,10,12). The SMILES string of the molecule is CNc1nn2cccnc2c1C(N)=O. The molecule has 0 saturated carbocycles. The van der Waals surface area contributed by atoms with Gasteiger partial charge in [-0.25, -0.2) is 9.50 Å². The summed E-state index contributed by atoms with van der Waals surface area (Å²) in [7, 11) is 1.67. The van der Waals surface area contributed by atoms with Crippen molar-refractivity contribution in [1.82, 2.24) is 14.6 Å². The number of carbonyl (C=O) groups is 1. The second-order valence-electron chi connectivity index (χ2n) is 2.73. The van der Waals surface area contributed by atoms with E-state index >= 15 is 0 Å². The monoisotopic (exact) mass is 191 g/mol. The Morgan fingerprint density at radius 1 is 1.64 bits per heavy atom. The van der Waals surface area contributed by atoms with Crippen molar-refractivity contribution in [2.45, 2.75) is 0 Å². The smallest absolute Gasteiger partial charge is 0.256 e. The summed E-state index contributed by atoms with van der Waals surface area (Å²) < 4.78 is 1.51.